The maximum Gasteiger partial charge on any atom is 0.143 e. The third-order valence-electron chi connectivity index (χ3n) is 9.54. The fraction of sp³-hybridized carbons (Fsp3) is 0. The molecule has 0 aliphatic carbocycles. The Balaban J connectivity index is 1.09. The average Bonchev–Trinajstić information content (AvgIpc) is 3.58. The number of hydrogen-bond donors (Lipinski definition) is 0. The maximum absolute atomic E-state index is 6.39. The molecule has 0 aliphatic rings. The zero-order valence-corrected chi connectivity index (χ0v) is 29.3. The molecule has 1 aromatic heterocycles. The number of benzene rings is 8. The van der Waals surface area contributed by atoms with Crippen LogP contribution in [-0.2, 0) is 0 Å². The lowest BCUT2D eigenvalue weighted by atomic mass is 9.97. The molecule has 51 heavy (non-hydrogen) atoms. The molecule has 3 heteroatoms. The molecule has 242 valence electrons. The Kier molecular flexibility index (Phi) is 8.04. The Morgan fingerprint density at radius 1 is 0.353 bits per heavy atom. The summed E-state index contributed by atoms with van der Waals surface area (Å²) >= 11 is 3.81. The van der Waals surface area contributed by atoms with Crippen molar-refractivity contribution in [2.75, 3.05) is 4.90 Å². The van der Waals surface area contributed by atoms with Crippen LogP contribution in [-0.4, -0.2) is 0 Å². The molecular formula is C48H32BrNO. The number of halogens is 1. The summed E-state index contributed by atoms with van der Waals surface area (Å²) in [6, 6.07) is 68.8. The number of furan rings is 1. The smallest absolute Gasteiger partial charge is 0.143 e. The summed E-state index contributed by atoms with van der Waals surface area (Å²) in [7, 11) is 0. The molecule has 9 rings (SSSR count). The molecule has 0 spiro atoms. The van der Waals surface area contributed by atoms with Gasteiger partial charge in [0.1, 0.15) is 11.2 Å². The van der Waals surface area contributed by atoms with E-state index in [1.54, 1.807) is 0 Å². The van der Waals surface area contributed by atoms with Gasteiger partial charge in [0.05, 0.1) is 0 Å². The monoisotopic (exact) mass is 717 g/mol. The minimum absolute atomic E-state index is 0.903. The van der Waals surface area contributed by atoms with E-state index in [9.17, 15) is 0 Å². The van der Waals surface area contributed by atoms with Crippen molar-refractivity contribution in [1.82, 2.24) is 0 Å². The topological polar surface area (TPSA) is 16.4 Å². The summed E-state index contributed by atoms with van der Waals surface area (Å²) in [5, 5.41) is 2.26. The van der Waals surface area contributed by atoms with Crippen LogP contribution >= 0.6 is 15.9 Å². The van der Waals surface area contributed by atoms with Crippen LogP contribution in [0.3, 0.4) is 0 Å². The Labute approximate surface area is 306 Å². The lowest BCUT2D eigenvalue weighted by Crippen LogP contribution is -2.09. The van der Waals surface area contributed by atoms with Crippen molar-refractivity contribution in [2.45, 2.75) is 0 Å². The first-order valence-electron chi connectivity index (χ1n) is 17.1. The molecular weight excluding hydrogens is 686 g/mol. The van der Waals surface area contributed by atoms with Crippen LogP contribution in [0.15, 0.2) is 203 Å². The average molecular weight is 719 g/mol. The SMILES string of the molecule is Brc1cc(-c2ccc(N(c3ccc(-c4ccccc4)cc3)c3ccc(-c4ccccc4)cc3)cc2)cc(-c2cccc3c2oc2ccccc23)c1. The molecule has 9 aromatic rings. The van der Waals surface area contributed by atoms with Crippen LogP contribution in [0.1, 0.15) is 0 Å². The van der Waals surface area contributed by atoms with Crippen LogP contribution < -0.4 is 4.90 Å². The molecule has 0 radical (unpaired) electrons. The first-order chi connectivity index (χ1) is 25.2. The van der Waals surface area contributed by atoms with Gasteiger partial charge >= 0.3 is 0 Å². The molecule has 0 fully saturated rings. The Bertz CT molecular complexity index is 2530. The molecule has 0 atom stereocenters. The fourth-order valence-electron chi connectivity index (χ4n) is 7.00. The van der Waals surface area contributed by atoms with Gasteiger partial charge in [-0.15, -0.1) is 0 Å². The Hall–Kier alpha value is -6.16. The maximum atomic E-state index is 6.39. The van der Waals surface area contributed by atoms with Crippen molar-refractivity contribution in [3.8, 4) is 44.5 Å². The summed E-state index contributed by atoms with van der Waals surface area (Å²) in [6.07, 6.45) is 0. The molecule has 2 nitrogen and oxygen atoms in total. The van der Waals surface area contributed by atoms with Crippen molar-refractivity contribution in [3.05, 3.63) is 199 Å². The molecule has 0 saturated heterocycles. The van der Waals surface area contributed by atoms with E-state index in [0.29, 0.717) is 0 Å². The highest BCUT2D eigenvalue weighted by Crippen LogP contribution is 2.40. The number of anilines is 3. The lowest BCUT2D eigenvalue weighted by Gasteiger charge is -2.26. The highest BCUT2D eigenvalue weighted by atomic mass is 79.9. The predicted octanol–water partition coefficient (Wildman–Crippen LogP) is 14.5. The van der Waals surface area contributed by atoms with E-state index in [4.69, 9.17) is 4.42 Å². The standard InChI is InChI=1S/C48H32BrNO/c49-40-31-38(30-39(32-40)44-15-9-16-46-45-14-7-8-17-47(45)51-48(44)46)37-22-28-43(29-23-37)50(41-24-18-35(19-25-41)33-10-3-1-4-11-33)42-26-20-36(21-27-42)34-12-5-2-6-13-34/h1-32H. The summed E-state index contributed by atoms with van der Waals surface area (Å²) in [5.41, 5.74) is 14.3. The third-order valence-corrected chi connectivity index (χ3v) is 10.00. The Morgan fingerprint density at radius 3 is 1.37 bits per heavy atom. The van der Waals surface area contributed by atoms with E-state index in [2.05, 4.69) is 203 Å². The van der Waals surface area contributed by atoms with Crippen LogP contribution in [0.25, 0.3) is 66.4 Å². The largest absolute Gasteiger partial charge is 0.455 e. The van der Waals surface area contributed by atoms with Crippen LogP contribution in [0.2, 0.25) is 0 Å². The van der Waals surface area contributed by atoms with Gasteiger partial charge in [-0.2, -0.15) is 0 Å². The highest BCUT2D eigenvalue weighted by molar-refractivity contribution is 9.10. The zero-order valence-electron chi connectivity index (χ0n) is 27.7. The lowest BCUT2D eigenvalue weighted by molar-refractivity contribution is 0.670. The number of hydrogen-bond acceptors (Lipinski definition) is 2. The second kappa shape index (κ2) is 13.3. The van der Waals surface area contributed by atoms with Crippen molar-refractivity contribution in [2.24, 2.45) is 0 Å². The van der Waals surface area contributed by atoms with E-state index < -0.39 is 0 Å². The normalized spacial score (nSPS) is 11.2. The van der Waals surface area contributed by atoms with Gasteiger partial charge in [0.2, 0.25) is 0 Å². The van der Waals surface area contributed by atoms with Crippen LogP contribution in [0.5, 0.6) is 0 Å². The molecule has 0 N–H and O–H groups in total. The third kappa shape index (κ3) is 6.03. The van der Waals surface area contributed by atoms with Gasteiger partial charge in [-0.1, -0.05) is 149 Å². The van der Waals surface area contributed by atoms with Gasteiger partial charge in [0.25, 0.3) is 0 Å². The van der Waals surface area contributed by atoms with Crippen molar-refractivity contribution >= 4 is 54.9 Å². The number of nitrogens with zero attached hydrogens (tertiary/aromatic N) is 1. The number of rotatable bonds is 7. The van der Waals surface area contributed by atoms with Crippen LogP contribution in [0.4, 0.5) is 17.1 Å². The van der Waals surface area contributed by atoms with Crippen molar-refractivity contribution < 1.29 is 4.42 Å². The van der Waals surface area contributed by atoms with E-state index in [1.165, 1.54) is 22.3 Å². The minimum Gasteiger partial charge on any atom is -0.455 e. The van der Waals surface area contributed by atoms with Crippen molar-refractivity contribution in [1.29, 1.82) is 0 Å². The second-order valence-electron chi connectivity index (χ2n) is 12.7. The highest BCUT2D eigenvalue weighted by Gasteiger charge is 2.16. The fourth-order valence-corrected chi connectivity index (χ4v) is 7.50. The first-order valence-corrected chi connectivity index (χ1v) is 17.9. The molecule has 0 bridgehead atoms. The van der Waals surface area contributed by atoms with E-state index >= 15 is 0 Å². The number of para-hydroxylation sites is 2. The zero-order chi connectivity index (χ0) is 34.1. The predicted molar refractivity (Wildman–Crippen MR) is 218 cm³/mol. The van der Waals surface area contributed by atoms with Gasteiger partial charge in [-0.05, 0) is 99.6 Å². The Morgan fingerprint density at radius 2 is 0.804 bits per heavy atom. The van der Waals surface area contributed by atoms with Gasteiger partial charge in [-0.25, -0.2) is 0 Å². The van der Waals surface area contributed by atoms with E-state index in [-0.39, 0.29) is 0 Å². The van der Waals surface area contributed by atoms with Gasteiger partial charge < -0.3 is 9.32 Å². The van der Waals surface area contributed by atoms with Crippen LogP contribution in [0, 0.1) is 0 Å². The van der Waals surface area contributed by atoms with Crippen molar-refractivity contribution in [3.63, 3.8) is 0 Å². The molecule has 8 aromatic carbocycles. The summed E-state index contributed by atoms with van der Waals surface area (Å²) in [5.74, 6) is 0. The second-order valence-corrected chi connectivity index (χ2v) is 13.6. The van der Waals surface area contributed by atoms with Gasteiger partial charge in [-0.3, -0.25) is 0 Å². The van der Waals surface area contributed by atoms with E-state index in [1.807, 2.05) is 12.1 Å². The molecule has 0 saturated carbocycles. The molecule has 1 heterocycles. The van der Waals surface area contributed by atoms with Gasteiger partial charge in [0.15, 0.2) is 0 Å². The summed E-state index contributed by atoms with van der Waals surface area (Å²) < 4.78 is 7.41. The minimum atomic E-state index is 0.903. The molecule has 0 unspecified atom stereocenters. The first kappa shape index (κ1) is 30.9. The number of fused-ring (bicyclic) bond motifs is 3. The van der Waals surface area contributed by atoms with E-state index in [0.717, 1.165) is 65.7 Å². The summed E-state index contributed by atoms with van der Waals surface area (Å²) in [4.78, 5) is 2.32. The molecule has 0 amide bonds. The molecule has 0 aliphatic heterocycles. The quantitative estimate of drug-likeness (QED) is 0.163. The summed E-state index contributed by atoms with van der Waals surface area (Å²) in [6.45, 7) is 0. The van der Waals surface area contributed by atoms with Gasteiger partial charge in [0, 0.05) is 37.9 Å².